The Hall–Kier alpha value is -1.31. The Morgan fingerprint density at radius 2 is 1.62 bits per heavy atom. The molecule has 0 saturated heterocycles. The van der Waals surface area contributed by atoms with Crippen LogP contribution in [0.15, 0.2) is 24.3 Å². The van der Waals surface area contributed by atoms with Crippen LogP contribution in [0, 0.1) is 0 Å². The first kappa shape index (κ1) is 16.1. The lowest BCUT2D eigenvalue weighted by Crippen LogP contribution is -2.00. The Labute approximate surface area is 128 Å². The van der Waals surface area contributed by atoms with E-state index >= 15 is 0 Å². The molecule has 1 aliphatic carbocycles. The standard InChI is InChI=1S/C19H28O2/c1-2-3-4-5-6-7-8-9-19(20)16-10-12-17(13-11-16)21-18-14-15-18/h10-13,18H,2-9,14-15H2,1H3. The summed E-state index contributed by atoms with van der Waals surface area (Å²) in [6.07, 6.45) is 12.2. The Bertz CT molecular complexity index is 418. The van der Waals surface area contributed by atoms with Crippen LogP contribution in [0.25, 0.3) is 0 Å². The van der Waals surface area contributed by atoms with Crippen molar-refractivity contribution < 1.29 is 9.53 Å². The molecular weight excluding hydrogens is 260 g/mol. The van der Waals surface area contributed by atoms with E-state index in [4.69, 9.17) is 4.74 Å². The van der Waals surface area contributed by atoms with Gasteiger partial charge in [0.25, 0.3) is 0 Å². The van der Waals surface area contributed by atoms with Gasteiger partial charge in [-0.2, -0.15) is 0 Å². The molecule has 1 saturated carbocycles. The number of ether oxygens (including phenoxy) is 1. The molecule has 1 fully saturated rings. The van der Waals surface area contributed by atoms with E-state index in [1.807, 2.05) is 24.3 Å². The quantitative estimate of drug-likeness (QED) is 0.394. The van der Waals surface area contributed by atoms with Crippen molar-refractivity contribution in [2.24, 2.45) is 0 Å². The minimum absolute atomic E-state index is 0.265. The number of rotatable bonds is 11. The van der Waals surface area contributed by atoms with Crippen LogP contribution in [-0.4, -0.2) is 11.9 Å². The van der Waals surface area contributed by atoms with Crippen molar-refractivity contribution in [1.82, 2.24) is 0 Å². The van der Waals surface area contributed by atoms with E-state index in [9.17, 15) is 4.79 Å². The topological polar surface area (TPSA) is 26.3 Å². The van der Waals surface area contributed by atoms with Crippen LogP contribution in [-0.2, 0) is 0 Å². The van der Waals surface area contributed by atoms with Gasteiger partial charge in [0, 0.05) is 12.0 Å². The number of Topliss-reactive ketones (excluding diaryl/α,β-unsaturated/α-hetero) is 1. The van der Waals surface area contributed by atoms with Gasteiger partial charge in [0.15, 0.2) is 5.78 Å². The van der Waals surface area contributed by atoms with E-state index in [1.54, 1.807) is 0 Å². The van der Waals surface area contributed by atoms with Crippen molar-refractivity contribution in [2.45, 2.75) is 77.2 Å². The Kier molecular flexibility index (Phi) is 6.78. The summed E-state index contributed by atoms with van der Waals surface area (Å²) in [5, 5.41) is 0. The second-order valence-corrected chi connectivity index (χ2v) is 6.14. The molecule has 2 rings (SSSR count). The first-order valence-corrected chi connectivity index (χ1v) is 8.59. The van der Waals surface area contributed by atoms with Crippen LogP contribution in [0.5, 0.6) is 5.75 Å². The summed E-state index contributed by atoms with van der Waals surface area (Å²) >= 11 is 0. The first-order valence-electron chi connectivity index (χ1n) is 8.59. The predicted octanol–water partition coefficient (Wildman–Crippen LogP) is 5.55. The molecule has 0 aromatic heterocycles. The Morgan fingerprint density at radius 3 is 2.24 bits per heavy atom. The number of carbonyl (C=O) groups excluding carboxylic acids is 1. The molecule has 0 unspecified atom stereocenters. The molecule has 0 spiro atoms. The molecule has 2 heteroatoms. The van der Waals surface area contributed by atoms with Crippen molar-refractivity contribution in [1.29, 1.82) is 0 Å². The summed E-state index contributed by atoms with van der Waals surface area (Å²) in [7, 11) is 0. The number of unbranched alkanes of at least 4 members (excludes halogenated alkanes) is 6. The molecule has 0 radical (unpaired) electrons. The van der Waals surface area contributed by atoms with Gasteiger partial charge in [-0.25, -0.2) is 0 Å². The highest BCUT2D eigenvalue weighted by Gasteiger charge is 2.23. The highest BCUT2D eigenvalue weighted by molar-refractivity contribution is 5.96. The van der Waals surface area contributed by atoms with E-state index in [1.165, 1.54) is 51.4 Å². The lowest BCUT2D eigenvalue weighted by Gasteiger charge is -2.05. The fraction of sp³-hybridized carbons (Fsp3) is 0.632. The van der Waals surface area contributed by atoms with Crippen molar-refractivity contribution in [3.8, 4) is 5.75 Å². The summed E-state index contributed by atoms with van der Waals surface area (Å²) in [5.74, 6) is 1.16. The van der Waals surface area contributed by atoms with E-state index in [-0.39, 0.29) is 5.78 Å². The Morgan fingerprint density at radius 1 is 1.00 bits per heavy atom. The van der Waals surface area contributed by atoms with Gasteiger partial charge in [-0.15, -0.1) is 0 Å². The van der Waals surface area contributed by atoms with E-state index in [0.29, 0.717) is 12.5 Å². The van der Waals surface area contributed by atoms with Gasteiger partial charge in [0.2, 0.25) is 0 Å². The lowest BCUT2D eigenvalue weighted by molar-refractivity contribution is 0.0979. The largest absolute Gasteiger partial charge is 0.490 e. The molecule has 1 aromatic rings. The third-order valence-electron chi connectivity index (χ3n) is 4.01. The second-order valence-electron chi connectivity index (χ2n) is 6.14. The smallest absolute Gasteiger partial charge is 0.162 e. The zero-order valence-electron chi connectivity index (χ0n) is 13.3. The van der Waals surface area contributed by atoms with Crippen molar-refractivity contribution >= 4 is 5.78 Å². The number of hydrogen-bond donors (Lipinski definition) is 0. The first-order chi connectivity index (χ1) is 10.3. The second kappa shape index (κ2) is 8.86. The van der Waals surface area contributed by atoms with Gasteiger partial charge < -0.3 is 4.74 Å². The molecule has 0 bridgehead atoms. The summed E-state index contributed by atoms with van der Waals surface area (Å²) in [6, 6.07) is 7.66. The maximum absolute atomic E-state index is 12.1. The monoisotopic (exact) mass is 288 g/mol. The molecule has 1 aliphatic rings. The highest BCUT2D eigenvalue weighted by Crippen LogP contribution is 2.26. The van der Waals surface area contributed by atoms with Crippen LogP contribution in [0.2, 0.25) is 0 Å². The fourth-order valence-corrected chi connectivity index (χ4v) is 2.48. The zero-order valence-corrected chi connectivity index (χ0v) is 13.3. The van der Waals surface area contributed by atoms with Gasteiger partial charge >= 0.3 is 0 Å². The van der Waals surface area contributed by atoms with Crippen LogP contribution >= 0.6 is 0 Å². The molecule has 1 aromatic carbocycles. The minimum Gasteiger partial charge on any atom is -0.490 e. The fourth-order valence-electron chi connectivity index (χ4n) is 2.48. The van der Waals surface area contributed by atoms with Crippen molar-refractivity contribution in [3.63, 3.8) is 0 Å². The number of carbonyl (C=O) groups is 1. The summed E-state index contributed by atoms with van der Waals surface area (Å²) < 4.78 is 5.69. The number of hydrogen-bond acceptors (Lipinski definition) is 2. The zero-order chi connectivity index (χ0) is 14.9. The maximum atomic E-state index is 12.1. The minimum atomic E-state index is 0.265. The molecule has 21 heavy (non-hydrogen) atoms. The molecule has 0 N–H and O–H groups in total. The lowest BCUT2D eigenvalue weighted by atomic mass is 10.0. The SMILES string of the molecule is CCCCCCCCCC(=O)c1ccc(OC2CC2)cc1. The molecule has 0 aliphatic heterocycles. The summed E-state index contributed by atoms with van der Waals surface area (Å²) in [5.41, 5.74) is 0.823. The average Bonchev–Trinajstić information content (AvgIpc) is 3.31. The molecule has 0 atom stereocenters. The van der Waals surface area contributed by atoms with E-state index in [0.717, 1.165) is 17.7 Å². The number of benzene rings is 1. The van der Waals surface area contributed by atoms with Gasteiger partial charge in [-0.1, -0.05) is 45.4 Å². The van der Waals surface area contributed by atoms with Crippen LogP contribution in [0.4, 0.5) is 0 Å². The highest BCUT2D eigenvalue weighted by atomic mass is 16.5. The van der Waals surface area contributed by atoms with Gasteiger partial charge in [-0.05, 0) is 43.5 Å². The van der Waals surface area contributed by atoms with Gasteiger partial charge in [0.05, 0.1) is 6.10 Å². The molecule has 2 nitrogen and oxygen atoms in total. The maximum Gasteiger partial charge on any atom is 0.162 e. The average molecular weight is 288 g/mol. The molecule has 0 heterocycles. The molecule has 116 valence electrons. The Balaban J connectivity index is 1.61. The number of ketones is 1. The van der Waals surface area contributed by atoms with Crippen LogP contribution < -0.4 is 4.74 Å². The molecule has 0 amide bonds. The van der Waals surface area contributed by atoms with Crippen LogP contribution in [0.1, 0.15) is 81.5 Å². The van der Waals surface area contributed by atoms with E-state index < -0.39 is 0 Å². The van der Waals surface area contributed by atoms with Gasteiger partial charge in [-0.3, -0.25) is 4.79 Å². The van der Waals surface area contributed by atoms with Gasteiger partial charge in [0.1, 0.15) is 5.75 Å². The van der Waals surface area contributed by atoms with Crippen molar-refractivity contribution in [3.05, 3.63) is 29.8 Å². The normalized spacial score (nSPS) is 14.1. The third-order valence-corrected chi connectivity index (χ3v) is 4.01. The van der Waals surface area contributed by atoms with Crippen molar-refractivity contribution in [2.75, 3.05) is 0 Å². The summed E-state index contributed by atoms with van der Waals surface area (Å²) in [4.78, 5) is 12.1. The molecular formula is C19H28O2. The third kappa shape index (κ3) is 6.33. The van der Waals surface area contributed by atoms with E-state index in [2.05, 4.69) is 6.92 Å². The summed E-state index contributed by atoms with van der Waals surface area (Å²) in [6.45, 7) is 2.24. The van der Waals surface area contributed by atoms with Crippen LogP contribution in [0.3, 0.4) is 0 Å². The predicted molar refractivity (Wildman–Crippen MR) is 87.0 cm³/mol.